The van der Waals surface area contributed by atoms with Crippen LogP contribution in [-0.2, 0) is 6.54 Å². The normalized spacial score (nSPS) is 15.0. The van der Waals surface area contributed by atoms with E-state index in [0.717, 1.165) is 29.7 Å². The van der Waals surface area contributed by atoms with Gasteiger partial charge in [0.1, 0.15) is 5.75 Å². The third kappa shape index (κ3) is 3.75. The summed E-state index contributed by atoms with van der Waals surface area (Å²) >= 11 is 0. The molecule has 2 aromatic heterocycles. The van der Waals surface area contributed by atoms with E-state index in [1.54, 1.807) is 31.6 Å². The molecular weight excluding hydrogens is 356 g/mol. The lowest BCUT2D eigenvalue weighted by atomic mass is 10.1. The number of H-pyrrole nitrogens is 1. The van der Waals surface area contributed by atoms with Crippen molar-refractivity contribution >= 4 is 16.8 Å². The molecule has 0 atom stereocenters. The molecule has 0 spiro atoms. The summed E-state index contributed by atoms with van der Waals surface area (Å²) in [6, 6.07) is 11.1. The van der Waals surface area contributed by atoms with E-state index in [1.807, 2.05) is 29.2 Å². The number of aromatic nitrogens is 2. The molecule has 4 rings (SSSR count). The van der Waals surface area contributed by atoms with Crippen LogP contribution in [0.15, 0.2) is 53.6 Å². The van der Waals surface area contributed by atoms with Gasteiger partial charge in [0.05, 0.1) is 12.7 Å². The van der Waals surface area contributed by atoms with Crippen molar-refractivity contribution < 1.29 is 9.53 Å². The Bertz CT molecular complexity index is 1040. The summed E-state index contributed by atoms with van der Waals surface area (Å²) in [5.41, 5.74) is 2.04. The lowest BCUT2D eigenvalue weighted by molar-refractivity contribution is 0.0627. The summed E-state index contributed by atoms with van der Waals surface area (Å²) < 4.78 is 5.27. The number of pyridine rings is 2. The van der Waals surface area contributed by atoms with Crippen molar-refractivity contribution in [3.63, 3.8) is 0 Å². The highest BCUT2D eigenvalue weighted by Crippen LogP contribution is 2.19. The van der Waals surface area contributed by atoms with Crippen LogP contribution in [-0.4, -0.2) is 59.0 Å². The highest BCUT2D eigenvalue weighted by molar-refractivity contribution is 5.93. The number of carbonyl (C=O) groups excluding carboxylic acids is 1. The van der Waals surface area contributed by atoms with Gasteiger partial charge in [-0.2, -0.15) is 0 Å². The summed E-state index contributed by atoms with van der Waals surface area (Å²) in [6.45, 7) is 3.26. The number of rotatable bonds is 4. The number of amides is 1. The van der Waals surface area contributed by atoms with Gasteiger partial charge in [-0.15, -0.1) is 0 Å². The molecule has 1 fully saturated rings. The van der Waals surface area contributed by atoms with Gasteiger partial charge in [-0.05, 0) is 36.4 Å². The van der Waals surface area contributed by atoms with Gasteiger partial charge in [-0.1, -0.05) is 0 Å². The summed E-state index contributed by atoms with van der Waals surface area (Å²) in [4.78, 5) is 35.9. The third-order valence-electron chi connectivity index (χ3n) is 5.09. The third-order valence-corrected chi connectivity index (χ3v) is 5.09. The molecule has 0 bridgehead atoms. The molecule has 0 radical (unpaired) electrons. The average Bonchev–Trinajstić information content (AvgIpc) is 2.74. The maximum absolute atomic E-state index is 12.5. The van der Waals surface area contributed by atoms with Crippen molar-refractivity contribution in [2.75, 3.05) is 33.3 Å². The van der Waals surface area contributed by atoms with E-state index in [0.29, 0.717) is 30.8 Å². The van der Waals surface area contributed by atoms with Crippen LogP contribution >= 0.6 is 0 Å². The second kappa shape index (κ2) is 7.82. The lowest BCUT2D eigenvalue weighted by Gasteiger charge is -2.34. The Kier molecular flexibility index (Phi) is 5.08. The van der Waals surface area contributed by atoms with Crippen molar-refractivity contribution in [1.29, 1.82) is 0 Å². The van der Waals surface area contributed by atoms with Gasteiger partial charge in [0.25, 0.3) is 11.5 Å². The molecule has 0 saturated carbocycles. The van der Waals surface area contributed by atoms with Crippen LogP contribution in [0, 0.1) is 0 Å². The van der Waals surface area contributed by atoms with Crippen LogP contribution in [0.4, 0.5) is 0 Å². The Morgan fingerprint density at radius 3 is 2.71 bits per heavy atom. The lowest BCUT2D eigenvalue weighted by Crippen LogP contribution is -2.48. The van der Waals surface area contributed by atoms with Crippen LogP contribution in [0.1, 0.15) is 15.9 Å². The first-order chi connectivity index (χ1) is 13.6. The molecule has 1 amide bonds. The quantitative estimate of drug-likeness (QED) is 0.750. The minimum absolute atomic E-state index is 0.00315. The molecule has 7 nitrogen and oxygen atoms in total. The monoisotopic (exact) mass is 378 g/mol. The Hall–Kier alpha value is -3.19. The maximum Gasteiger partial charge on any atom is 0.255 e. The molecule has 1 saturated heterocycles. The zero-order valence-corrected chi connectivity index (χ0v) is 15.7. The van der Waals surface area contributed by atoms with Crippen LogP contribution < -0.4 is 10.3 Å². The van der Waals surface area contributed by atoms with Crippen LogP contribution in [0.25, 0.3) is 10.9 Å². The van der Waals surface area contributed by atoms with E-state index >= 15 is 0 Å². The molecule has 0 unspecified atom stereocenters. The topological polar surface area (TPSA) is 78.5 Å². The molecule has 28 heavy (non-hydrogen) atoms. The van der Waals surface area contributed by atoms with E-state index in [1.165, 1.54) is 0 Å². The smallest absolute Gasteiger partial charge is 0.255 e. The summed E-state index contributed by atoms with van der Waals surface area (Å²) in [5, 5.41) is 0.944. The van der Waals surface area contributed by atoms with E-state index in [-0.39, 0.29) is 11.5 Å². The SMILES string of the molecule is COc1ccc2[nH]c(=O)c(CN3CCN(C(=O)c4cccnc4)CC3)cc2c1. The maximum atomic E-state index is 12.5. The summed E-state index contributed by atoms with van der Waals surface area (Å²) in [7, 11) is 1.63. The van der Waals surface area contributed by atoms with Gasteiger partial charge in [-0.3, -0.25) is 19.5 Å². The minimum atomic E-state index is -0.0773. The average molecular weight is 378 g/mol. The summed E-state index contributed by atoms with van der Waals surface area (Å²) in [6.07, 6.45) is 3.25. The highest BCUT2D eigenvalue weighted by Gasteiger charge is 2.22. The fraction of sp³-hybridized carbons (Fsp3) is 0.286. The van der Waals surface area contributed by atoms with Gasteiger partial charge in [-0.25, -0.2) is 0 Å². The molecule has 1 aromatic carbocycles. The predicted octanol–water partition coefficient (Wildman–Crippen LogP) is 1.89. The van der Waals surface area contributed by atoms with Gasteiger partial charge < -0.3 is 14.6 Å². The first-order valence-electron chi connectivity index (χ1n) is 9.25. The van der Waals surface area contributed by atoms with Crippen LogP contribution in [0.3, 0.4) is 0 Å². The fourth-order valence-electron chi connectivity index (χ4n) is 3.50. The number of ether oxygens (including phenoxy) is 1. The molecule has 1 aliphatic heterocycles. The number of hydrogen-bond donors (Lipinski definition) is 1. The standard InChI is InChI=1S/C21H22N4O3/c1-28-18-4-5-19-16(12-18)11-17(20(26)23-19)14-24-7-9-25(10-8-24)21(27)15-3-2-6-22-13-15/h2-6,11-13H,7-10,14H2,1H3,(H,23,26). The van der Waals surface area contributed by atoms with E-state index in [9.17, 15) is 9.59 Å². The Balaban J connectivity index is 1.44. The van der Waals surface area contributed by atoms with Gasteiger partial charge in [0.2, 0.25) is 0 Å². The number of nitrogens with one attached hydrogen (secondary N) is 1. The minimum Gasteiger partial charge on any atom is -0.497 e. The zero-order valence-electron chi connectivity index (χ0n) is 15.7. The van der Waals surface area contributed by atoms with E-state index in [2.05, 4.69) is 14.9 Å². The van der Waals surface area contributed by atoms with Crippen LogP contribution in [0.5, 0.6) is 5.75 Å². The molecule has 3 heterocycles. The highest BCUT2D eigenvalue weighted by atomic mass is 16.5. The fourth-order valence-corrected chi connectivity index (χ4v) is 3.50. The van der Waals surface area contributed by atoms with Crippen molar-refractivity contribution in [2.45, 2.75) is 6.54 Å². The number of piperazine rings is 1. The van der Waals surface area contributed by atoms with E-state index < -0.39 is 0 Å². The first kappa shape index (κ1) is 18.2. The number of nitrogens with zero attached hydrogens (tertiary/aromatic N) is 3. The second-order valence-corrected chi connectivity index (χ2v) is 6.89. The Labute approximate surface area is 162 Å². The molecule has 0 aliphatic carbocycles. The number of hydrogen-bond acceptors (Lipinski definition) is 5. The largest absolute Gasteiger partial charge is 0.497 e. The van der Waals surface area contributed by atoms with Crippen molar-refractivity contribution in [1.82, 2.24) is 19.8 Å². The van der Waals surface area contributed by atoms with Gasteiger partial charge >= 0.3 is 0 Å². The second-order valence-electron chi connectivity index (χ2n) is 6.89. The Morgan fingerprint density at radius 1 is 1.18 bits per heavy atom. The van der Waals surface area contributed by atoms with Gasteiger partial charge in [0, 0.05) is 61.6 Å². The Morgan fingerprint density at radius 2 is 2.00 bits per heavy atom. The predicted molar refractivity (Wildman–Crippen MR) is 107 cm³/mol. The van der Waals surface area contributed by atoms with E-state index in [4.69, 9.17) is 4.74 Å². The molecule has 144 valence electrons. The molecule has 7 heteroatoms. The van der Waals surface area contributed by atoms with Gasteiger partial charge in [0.15, 0.2) is 0 Å². The molecular formula is C21H22N4O3. The van der Waals surface area contributed by atoms with Crippen molar-refractivity contribution in [2.24, 2.45) is 0 Å². The van der Waals surface area contributed by atoms with Crippen LogP contribution in [0.2, 0.25) is 0 Å². The number of fused-ring (bicyclic) bond motifs is 1. The zero-order chi connectivity index (χ0) is 19.5. The van der Waals surface area contributed by atoms with Crippen molar-refractivity contribution in [3.05, 3.63) is 70.3 Å². The number of methoxy groups -OCH3 is 1. The molecule has 1 N–H and O–H groups in total. The molecule has 1 aliphatic rings. The first-order valence-corrected chi connectivity index (χ1v) is 9.25. The molecule has 3 aromatic rings. The number of aromatic amines is 1. The summed E-state index contributed by atoms with van der Waals surface area (Å²) in [5.74, 6) is 0.761. The number of benzene rings is 1. The number of carbonyl (C=O) groups is 1. The van der Waals surface area contributed by atoms with Crippen molar-refractivity contribution in [3.8, 4) is 5.75 Å².